The average Bonchev–Trinajstić information content (AvgIpc) is 2.71. The minimum Gasteiger partial charge on any atom is -0.504 e. The highest BCUT2D eigenvalue weighted by atomic mass is 35.5. The van der Waals surface area contributed by atoms with Crippen LogP contribution in [-0.2, 0) is 14.9 Å². The van der Waals surface area contributed by atoms with Crippen molar-refractivity contribution >= 4 is 38.7 Å². The van der Waals surface area contributed by atoms with Gasteiger partial charge in [0, 0.05) is 13.1 Å². The smallest absolute Gasteiger partial charge is 0.269 e. The van der Waals surface area contributed by atoms with Crippen LogP contribution in [0.25, 0.3) is 0 Å². The molecular weight excluding hydrogens is 434 g/mol. The Morgan fingerprint density at radius 2 is 1.70 bits per heavy atom. The van der Waals surface area contributed by atoms with E-state index in [9.17, 15) is 23.1 Å². The van der Waals surface area contributed by atoms with Crippen molar-refractivity contribution in [2.24, 2.45) is 0 Å². The van der Waals surface area contributed by atoms with Gasteiger partial charge in [0.05, 0.1) is 17.8 Å². The van der Waals surface area contributed by atoms with Gasteiger partial charge < -0.3 is 15.7 Å². The van der Waals surface area contributed by atoms with E-state index in [2.05, 4.69) is 10.6 Å². The Labute approximate surface area is 180 Å². The number of hydroxylamine groups is 1. The minimum absolute atomic E-state index is 0.0222. The summed E-state index contributed by atoms with van der Waals surface area (Å²) in [7, 11) is -1.97. The van der Waals surface area contributed by atoms with Crippen molar-refractivity contribution in [3.8, 4) is 5.75 Å². The van der Waals surface area contributed by atoms with Crippen LogP contribution in [-0.4, -0.2) is 38.2 Å². The van der Waals surface area contributed by atoms with E-state index in [1.807, 2.05) is 13.8 Å². The van der Waals surface area contributed by atoms with E-state index in [1.54, 1.807) is 0 Å². The number of sulfonamides is 1. The summed E-state index contributed by atoms with van der Waals surface area (Å²) in [6, 6.07) is 2.60. The number of hydrogen-bond acceptors (Lipinski definition) is 8. The lowest BCUT2D eigenvalue weighted by Gasteiger charge is -2.23. The maximum absolute atomic E-state index is 12.6. The minimum atomic E-state index is -4.26. The molecule has 2 rings (SSSR count). The zero-order valence-corrected chi connectivity index (χ0v) is 18.9. The SMILES string of the molecule is CCCC(CCC)Nc1c(Nc2ccc(Cl)c(S(=O)(=O)N(C)OC)c2O)c(=O)c1=O. The third-order valence-corrected chi connectivity index (χ3v) is 6.91. The zero-order valence-electron chi connectivity index (χ0n) is 17.3. The number of halogens is 1. The van der Waals surface area contributed by atoms with Crippen molar-refractivity contribution in [1.29, 1.82) is 0 Å². The average molecular weight is 460 g/mol. The van der Waals surface area contributed by atoms with Crippen LogP contribution in [0.2, 0.25) is 5.02 Å². The molecule has 0 saturated carbocycles. The second-order valence-electron chi connectivity index (χ2n) is 6.82. The number of aromatic hydroxyl groups is 1. The van der Waals surface area contributed by atoms with Crippen LogP contribution in [0.3, 0.4) is 0 Å². The molecule has 0 aliphatic rings. The van der Waals surface area contributed by atoms with Crippen molar-refractivity contribution in [1.82, 2.24) is 4.47 Å². The number of rotatable bonds is 11. The first-order chi connectivity index (χ1) is 14.1. The van der Waals surface area contributed by atoms with E-state index in [-0.39, 0.29) is 28.1 Å². The highest BCUT2D eigenvalue weighted by Gasteiger charge is 2.31. The predicted molar refractivity (Wildman–Crippen MR) is 117 cm³/mol. The van der Waals surface area contributed by atoms with Gasteiger partial charge in [0.15, 0.2) is 5.75 Å². The summed E-state index contributed by atoms with van der Waals surface area (Å²) in [4.78, 5) is 28.3. The maximum atomic E-state index is 12.6. The van der Waals surface area contributed by atoms with Gasteiger partial charge in [-0.3, -0.25) is 14.4 Å². The van der Waals surface area contributed by atoms with Crippen LogP contribution in [0.1, 0.15) is 39.5 Å². The number of hydrogen-bond donors (Lipinski definition) is 3. The zero-order chi connectivity index (χ0) is 22.6. The van der Waals surface area contributed by atoms with Gasteiger partial charge in [0.2, 0.25) is 0 Å². The monoisotopic (exact) mass is 459 g/mol. The van der Waals surface area contributed by atoms with E-state index in [1.165, 1.54) is 12.1 Å². The topological polar surface area (TPSA) is 125 Å². The molecule has 2 aromatic carbocycles. The largest absolute Gasteiger partial charge is 0.504 e. The fraction of sp³-hybridized carbons (Fsp3) is 0.474. The maximum Gasteiger partial charge on any atom is 0.269 e. The van der Waals surface area contributed by atoms with Gasteiger partial charge in [-0.05, 0) is 25.0 Å². The number of anilines is 3. The molecule has 0 aliphatic carbocycles. The first-order valence-corrected chi connectivity index (χ1v) is 11.3. The van der Waals surface area contributed by atoms with Crippen LogP contribution in [0.15, 0.2) is 26.6 Å². The molecule has 3 N–H and O–H groups in total. The molecule has 0 atom stereocenters. The number of nitrogens with one attached hydrogen (secondary N) is 2. The first-order valence-electron chi connectivity index (χ1n) is 9.51. The summed E-state index contributed by atoms with van der Waals surface area (Å²) < 4.78 is 25.7. The normalized spacial score (nSPS) is 12.1. The highest BCUT2D eigenvalue weighted by molar-refractivity contribution is 7.89. The van der Waals surface area contributed by atoms with Crippen molar-refractivity contribution in [2.45, 2.75) is 50.5 Å². The lowest BCUT2D eigenvalue weighted by molar-refractivity contribution is -0.0259. The molecule has 0 amide bonds. The summed E-state index contributed by atoms with van der Waals surface area (Å²) in [5.74, 6) is -0.691. The molecular formula is C19H26ClN3O6S. The molecule has 11 heteroatoms. The molecule has 0 aliphatic heterocycles. The Bertz CT molecular complexity index is 1070. The Hall–Kier alpha value is -2.14. The molecule has 0 bridgehead atoms. The molecule has 0 radical (unpaired) electrons. The molecule has 30 heavy (non-hydrogen) atoms. The third kappa shape index (κ3) is 4.61. The molecule has 0 fully saturated rings. The van der Waals surface area contributed by atoms with Crippen LogP contribution in [0.4, 0.5) is 17.1 Å². The van der Waals surface area contributed by atoms with Crippen LogP contribution >= 0.6 is 11.6 Å². The number of nitrogens with zero attached hydrogens (tertiary/aromatic N) is 1. The lowest BCUT2D eigenvalue weighted by Crippen LogP contribution is -2.39. The standard InChI is InChI=1S/C19H26ClN3O6S/c1-5-7-11(8-6-2)21-14-15(18(26)17(14)25)22-13-10-9-12(20)19(16(13)24)30(27,28)23(3)29-4/h9-11,21-22,24H,5-8H2,1-4H3. The predicted octanol–water partition coefficient (Wildman–Crippen LogP) is 2.95. The highest BCUT2D eigenvalue weighted by Crippen LogP contribution is 2.39. The molecule has 0 heterocycles. The molecule has 9 nitrogen and oxygen atoms in total. The van der Waals surface area contributed by atoms with Crippen LogP contribution in [0.5, 0.6) is 5.75 Å². The van der Waals surface area contributed by atoms with Crippen molar-refractivity contribution in [2.75, 3.05) is 24.8 Å². The Balaban J connectivity index is 2.44. The Morgan fingerprint density at radius 3 is 2.23 bits per heavy atom. The van der Waals surface area contributed by atoms with E-state index < -0.39 is 31.5 Å². The van der Waals surface area contributed by atoms with Crippen molar-refractivity contribution in [3.63, 3.8) is 0 Å². The molecule has 0 saturated heterocycles. The van der Waals surface area contributed by atoms with E-state index in [0.717, 1.165) is 39.8 Å². The fourth-order valence-corrected chi connectivity index (χ4v) is 4.66. The molecule has 0 unspecified atom stereocenters. The molecule has 166 valence electrons. The van der Waals surface area contributed by atoms with Gasteiger partial charge in [0.25, 0.3) is 20.9 Å². The van der Waals surface area contributed by atoms with Gasteiger partial charge in [-0.15, -0.1) is 0 Å². The summed E-state index contributed by atoms with van der Waals surface area (Å²) in [6.45, 7) is 4.05. The number of benzene rings is 1. The second-order valence-corrected chi connectivity index (χ2v) is 9.10. The van der Waals surface area contributed by atoms with Gasteiger partial charge in [-0.2, -0.15) is 0 Å². The molecule has 0 aromatic heterocycles. The van der Waals surface area contributed by atoms with Gasteiger partial charge in [-0.25, -0.2) is 8.42 Å². The molecule has 2 aromatic rings. The van der Waals surface area contributed by atoms with Gasteiger partial charge >= 0.3 is 0 Å². The summed E-state index contributed by atoms with van der Waals surface area (Å²) >= 11 is 6.00. The fourth-order valence-electron chi connectivity index (χ4n) is 3.09. The second kappa shape index (κ2) is 9.78. The van der Waals surface area contributed by atoms with Gasteiger partial charge in [0.1, 0.15) is 16.3 Å². The first kappa shape index (κ1) is 24.1. The van der Waals surface area contributed by atoms with Crippen molar-refractivity contribution in [3.05, 3.63) is 37.6 Å². The van der Waals surface area contributed by atoms with E-state index >= 15 is 0 Å². The third-order valence-electron chi connectivity index (χ3n) is 4.73. The van der Waals surface area contributed by atoms with Crippen LogP contribution < -0.4 is 21.5 Å². The molecule has 0 spiro atoms. The van der Waals surface area contributed by atoms with Crippen LogP contribution in [0, 0.1) is 0 Å². The summed E-state index contributed by atoms with van der Waals surface area (Å²) in [5, 5.41) is 16.1. The van der Waals surface area contributed by atoms with E-state index in [0.29, 0.717) is 4.47 Å². The van der Waals surface area contributed by atoms with Gasteiger partial charge in [-0.1, -0.05) is 42.8 Å². The summed E-state index contributed by atoms with van der Waals surface area (Å²) in [6.07, 6.45) is 3.46. The van der Waals surface area contributed by atoms with E-state index in [4.69, 9.17) is 16.4 Å². The Kier molecular flexibility index (Phi) is 7.87. The lowest BCUT2D eigenvalue weighted by atomic mass is 10.0. The number of phenolic OH excluding ortho intramolecular Hbond substituents is 1. The quantitative estimate of drug-likeness (QED) is 0.266. The van der Waals surface area contributed by atoms with Crippen molar-refractivity contribution < 1.29 is 18.4 Å². The Morgan fingerprint density at radius 1 is 1.13 bits per heavy atom. The summed E-state index contributed by atoms with van der Waals surface area (Å²) in [5.41, 5.74) is -1.40. The number of phenols is 1.